The lowest BCUT2D eigenvalue weighted by Crippen LogP contribution is -2.35. The molecule has 0 radical (unpaired) electrons. The first kappa shape index (κ1) is 14.5. The minimum absolute atomic E-state index is 0.0798. The van der Waals surface area contributed by atoms with Gasteiger partial charge in [0, 0.05) is 12.1 Å². The average Bonchev–Trinajstić information content (AvgIpc) is 2.84. The number of hydrogen-bond donors (Lipinski definition) is 1. The van der Waals surface area contributed by atoms with Crippen LogP contribution in [0, 0.1) is 13.8 Å². The topological polar surface area (TPSA) is 78.3 Å². The molecule has 0 saturated heterocycles. The molecular weight excluding hydrogens is 284 g/mol. The summed E-state index contributed by atoms with van der Waals surface area (Å²) in [7, 11) is 0. The van der Waals surface area contributed by atoms with Crippen LogP contribution in [0.5, 0.6) is 5.75 Å². The SMILES string of the molecule is Cc1nc(C)n(CCNC(=O)[C@H]2OCOc3ccccc32)n1. The van der Waals surface area contributed by atoms with Gasteiger partial charge in [-0.3, -0.25) is 4.79 Å². The highest BCUT2D eigenvalue weighted by Gasteiger charge is 2.28. The highest BCUT2D eigenvalue weighted by molar-refractivity contribution is 5.83. The van der Waals surface area contributed by atoms with Gasteiger partial charge in [-0.1, -0.05) is 18.2 Å². The van der Waals surface area contributed by atoms with Crippen molar-refractivity contribution in [2.75, 3.05) is 13.3 Å². The first-order valence-electron chi connectivity index (χ1n) is 7.14. The second kappa shape index (κ2) is 6.15. The van der Waals surface area contributed by atoms with Crippen LogP contribution >= 0.6 is 0 Å². The van der Waals surface area contributed by atoms with Gasteiger partial charge < -0.3 is 14.8 Å². The van der Waals surface area contributed by atoms with Crippen LogP contribution in [0.2, 0.25) is 0 Å². The lowest BCUT2D eigenvalue weighted by atomic mass is 10.1. The number of aryl methyl sites for hydroxylation is 2. The second-order valence-electron chi connectivity index (χ2n) is 5.07. The monoisotopic (exact) mass is 302 g/mol. The van der Waals surface area contributed by atoms with Crippen LogP contribution in [0.4, 0.5) is 0 Å². The lowest BCUT2D eigenvalue weighted by molar-refractivity contribution is -0.142. The molecule has 1 aliphatic rings. The molecule has 3 rings (SSSR count). The zero-order chi connectivity index (χ0) is 15.5. The molecule has 7 nitrogen and oxygen atoms in total. The smallest absolute Gasteiger partial charge is 0.254 e. The molecule has 0 saturated carbocycles. The van der Waals surface area contributed by atoms with Crippen LogP contribution < -0.4 is 10.1 Å². The molecule has 0 unspecified atom stereocenters. The third-order valence-electron chi connectivity index (χ3n) is 3.47. The minimum atomic E-state index is -0.636. The van der Waals surface area contributed by atoms with E-state index in [0.717, 1.165) is 17.2 Å². The number of ether oxygens (including phenoxy) is 2. The molecule has 0 bridgehead atoms. The predicted octanol–water partition coefficient (Wildman–Crippen LogP) is 1.12. The van der Waals surface area contributed by atoms with Gasteiger partial charge in [0.15, 0.2) is 12.9 Å². The highest BCUT2D eigenvalue weighted by atomic mass is 16.7. The van der Waals surface area contributed by atoms with E-state index in [1.165, 1.54) is 0 Å². The van der Waals surface area contributed by atoms with Gasteiger partial charge in [-0.2, -0.15) is 5.10 Å². The highest BCUT2D eigenvalue weighted by Crippen LogP contribution is 2.31. The molecule has 1 aromatic heterocycles. The Labute approximate surface area is 128 Å². The standard InChI is InChI=1S/C15H18N4O3/c1-10-17-11(2)19(18-10)8-7-16-15(20)14-12-5-3-4-6-13(12)21-9-22-14/h3-6,14H,7-9H2,1-2H3,(H,16,20)/t14-/m0/s1. The van der Waals surface area contributed by atoms with Crippen LogP contribution in [0.1, 0.15) is 23.3 Å². The van der Waals surface area contributed by atoms with Gasteiger partial charge in [0.2, 0.25) is 0 Å². The Bertz CT molecular complexity index is 683. The number of nitrogens with zero attached hydrogens (tertiary/aromatic N) is 3. The van der Waals surface area contributed by atoms with E-state index in [4.69, 9.17) is 9.47 Å². The van der Waals surface area contributed by atoms with Crippen LogP contribution in [0.15, 0.2) is 24.3 Å². The van der Waals surface area contributed by atoms with Crippen LogP contribution in [0.3, 0.4) is 0 Å². The van der Waals surface area contributed by atoms with Crippen molar-refractivity contribution in [2.24, 2.45) is 0 Å². The number of carbonyl (C=O) groups is 1. The molecule has 2 heterocycles. The van der Waals surface area contributed by atoms with Gasteiger partial charge in [0.1, 0.15) is 17.4 Å². The van der Waals surface area contributed by atoms with Gasteiger partial charge in [0.05, 0.1) is 6.54 Å². The van der Waals surface area contributed by atoms with Gasteiger partial charge in [-0.15, -0.1) is 0 Å². The third-order valence-corrected chi connectivity index (χ3v) is 3.47. The number of aromatic nitrogens is 3. The van der Waals surface area contributed by atoms with Crippen LogP contribution in [-0.4, -0.2) is 34.0 Å². The first-order valence-corrected chi connectivity index (χ1v) is 7.14. The summed E-state index contributed by atoms with van der Waals surface area (Å²) >= 11 is 0. The number of amides is 1. The molecule has 0 aliphatic carbocycles. The molecule has 1 atom stereocenters. The Balaban J connectivity index is 1.60. The summed E-state index contributed by atoms with van der Waals surface area (Å²) in [6.07, 6.45) is -0.636. The van der Waals surface area contributed by atoms with Gasteiger partial charge in [-0.25, -0.2) is 9.67 Å². The maximum atomic E-state index is 12.3. The maximum Gasteiger partial charge on any atom is 0.254 e. The van der Waals surface area contributed by atoms with Gasteiger partial charge in [-0.05, 0) is 19.9 Å². The van der Waals surface area contributed by atoms with Crippen LogP contribution in [-0.2, 0) is 16.1 Å². The largest absolute Gasteiger partial charge is 0.467 e. The van der Waals surface area contributed by atoms with E-state index in [1.807, 2.05) is 38.1 Å². The van der Waals surface area contributed by atoms with E-state index in [0.29, 0.717) is 18.8 Å². The lowest BCUT2D eigenvalue weighted by Gasteiger charge is -2.25. The molecule has 116 valence electrons. The Kier molecular flexibility index (Phi) is 4.06. The van der Waals surface area contributed by atoms with Crippen molar-refractivity contribution >= 4 is 5.91 Å². The molecule has 2 aromatic rings. The molecular formula is C15H18N4O3. The molecule has 0 fully saturated rings. The van der Waals surface area contributed by atoms with Crippen molar-refractivity contribution in [3.8, 4) is 5.75 Å². The molecule has 0 spiro atoms. The summed E-state index contributed by atoms with van der Waals surface area (Å²) in [5, 5.41) is 7.13. The van der Waals surface area contributed by atoms with Gasteiger partial charge in [0.25, 0.3) is 5.91 Å². The molecule has 1 amide bonds. The van der Waals surface area contributed by atoms with Crippen molar-refractivity contribution in [3.63, 3.8) is 0 Å². The summed E-state index contributed by atoms with van der Waals surface area (Å²) in [4.78, 5) is 16.5. The number of para-hydroxylation sites is 1. The van der Waals surface area contributed by atoms with Crippen molar-refractivity contribution in [1.82, 2.24) is 20.1 Å². The van der Waals surface area contributed by atoms with E-state index < -0.39 is 6.10 Å². The summed E-state index contributed by atoms with van der Waals surface area (Å²) < 4.78 is 12.6. The quantitative estimate of drug-likeness (QED) is 0.915. The third kappa shape index (κ3) is 2.94. The van der Waals surface area contributed by atoms with E-state index in [2.05, 4.69) is 15.4 Å². The summed E-state index contributed by atoms with van der Waals surface area (Å²) in [6.45, 7) is 4.85. The number of carbonyl (C=O) groups excluding carboxylic acids is 1. The number of rotatable bonds is 4. The van der Waals surface area contributed by atoms with E-state index >= 15 is 0 Å². The minimum Gasteiger partial charge on any atom is -0.467 e. The number of hydrogen-bond acceptors (Lipinski definition) is 5. The van der Waals surface area contributed by atoms with Crippen molar-refractivity contribution in [2.45, 2.75) is 26.5 Å². The Hall–Kier alpha value is -2.41. The van der Waals surface area contributed by atoms with Crippen molar-refractivity contribution < 1.29 is 14.3 Å². The van der Waals surface area contributed by atoms with E-state index in [1.54, 1.807) is 4.68 Å². The fourth-order valence-corrected chi connectivity index (χ4v) is 2.45. The molecule has 1 aliphatic heterocycles. The second-order valence-corrected chi connectivity index (χ2v) is 5.07. The number of fused-ring (bicyclic) bond motifs is 1. The molecule has 1 aromatic carbocycles. The van der Waals surface area contributed by atoms with E-state index in [-0.39, 0.29) is 12.7 Å². The van der Waals surface area contributed by atoms with Gasteiger partial charge >= 0.3 is 0 Å². The molecule has 7 heteroatoms. The normalized spacial score (nSPS) is 16.7. The number of nitrogens with one attached hydrogen (secondary N) is 1. The maximum absolute atomic E-state index is 12.3. The average molecular weight is 302 g/mol. The zero-order valence-electron chi connectivity index (χ0n) is 12.6. The molecule has 1 N–H and O–H groups in total. The van der Waals surface area contributed by atoms with Crippen molar-refractivity contribution in [1.29, 1.82) is 0 Å². The fraction of sp³-hybridized carbons (Fsp3) is 0.400. The van der Waals surface area contributed by atoms with E-state index in [9.17, 15) is 4.79 Å². The predicted molar refractivity (Wildman–Crippen MR) is 78.3 cm³/mol. The summed E-state index contributed by atoms with van der Waals surface area (Å²) in [6, 6.07) is 7.40. The summed E-state index contributed by atoms with van der Waals surface area (Å²) in [5.74, 6) is 2.08. The van der Waals surface area contributed by atoms with Crippen molar-refractivity contribution in [3.05, 3.63) is 41.5 Å². The molecule has 22 heavy (non-hydrogen) atoms. The first-order chi connectivity index (χ1) is 10.6. The Morgan fingerprint density at radius 1 is 1.41 bits per heavy atom. The summed E-state index contributed by atoms with van der Waals surface area (Å²) in [5.41, 5.74) is 0.749. The zero-order valence-corrected chi connectivity index (χ0v) is 12.6. The van der Waals surface area contributed by atoms with Crippen LogP contribution in [0.25, 0.3) is 0 Å². The Morgan fingerprint density at radius 2 is 2.23 bits per heavy atom. The number of benzene rings is 1. The fourth-order valence-electron chi connectivity index (χ4n) is 2.45. The Morgan fingerprint density at radius 3 is 3.00 bits per heavy atom.